The Morgan fingerprint density at radius 1 is 0.500 bits per heavy atom. The minimum Gasteiger partial charge on any atom is -1.00 e. The number of halogens is 4. The van der Waals surface area contributed by atoms with Gasteiger partial charge in [-0.05, 0) is 0 Å². The van der Waals surface area contributed by atoms with Gasteiger partial charge in [0.1, 0.15) is 0 Å². The van der Waals surface area contributed by atoms with Crippen LogP contribution in [0.2, 0.25) is 23.1 Å². The average Bonchev–Trinajstić information content (AvgIpc) is 3.39. The molecule has 52 heavy (non-hydrogen) atoms. The number of hydrogen-bond acceptors (Lipinski definition) is 0. The fraction of sp³-hybridized carbons (Fsp3) is 0.304. The van der Waals surface area contributed by atoms with Crippen LogP contribution in [0, 0.1) is 0 Å². The van der Waals surface area contributed by atoms with Crippen molar-refractivity contribution < 1.29 is 45.2 Å². The van der Waals surface area contributed by atoms with E-state index in [0.29, 0.717) is 0 Å². The van der Waals surface area contributed by atoms with Crippen molar-refractivity contribution in [1.29, 1.82) is 0 Å². The molecule has 0 saturated heterocycles. The van der Waals surface area contributed by atoms with E-state index in [-0.39, 0.29) is 35.6 Å². The van der Waals surface area contributed by atoms with E-state index in [1.807, 2.05) is 0 Å². The largest absolute Gasteiger partial charge is 1.00 e. The molecule has 0 radical (unpaired) electrons. The quantitative estimate of drug-likeness (QED) is 0.157. The summed E-state index contributed by atoms with van der Waals surface area (Å²) in [6.45, 7) is 23.2. The summed E-state index contributed by atoms with van der Waals surface area (Å²) in [5.74, 6) is 0. The van der Waals surface area contributed by atoms with Crippen LogP contribution in [0.5, 0.6) is 0 Å². The van der Waals surface area contributed by atoms with Crippen LogP contribution in [-0.2, 0) is 44.0 Å². The van der Waals surface area contributed by atoms with Gasteiger partial charge in [0.05, 0.1) is 0 Å². The summed E-state index contributed by atoms with van der Waals surface area (Å²) in [4.78, 5) is 0. The van der Waals surface area contributed by atoms with Gasteiger partial charge in [-0.1, -0.05) is 0 Å². The Bertz CT molecular complexity index is 2050. The summed E-state index contributed by atoms with van der Waals surface area (Å²) in [6.07, 6.45) is 2.07. The first-order valence-corrected chi connectivity index (χ1v) is 27.4. The molecule has 4 aliphatic rings. The molecule has 2 aromatic carbocycles. The topological polar surface area (TPSA) is 0 Å². The molecule has 0 aliphatic heterocycles. The molecule has 0 unspecified atom stereocenters. The second-order valence-electron chi connectivity index (χ2n) is 16.0. The van der Waals surface area contributed by atoms with Crippen LogP contribution < -0.4 is 31.4 Å². The second-order valence-corrected chi connectivity index (χ2v) is 33.4. The van der Waals surface area contributed by atoms with Gasteiger partial charge in [-0.15, -0.1) is 0 Å². The minimum atomic E-state index is -2.50. The van der Waals surface area contributed by atoms with E-state index in [0.717, 1.165) is 22.9 Å². The van der Waals surface area contributed by atoms with Crippen molar-refractivity contribution in [2.75, 3.05) is 0 Å². The number of benzene rings is 2. The van der Waals surface area contributed by atoms with Crippen LogP contribution in [0.15, 0.2) is 97.1 Å². The van der Waals surface area contributed by atoms with Crippen molar-refractivity contribution in [3.8, 4) is 44.5 Å². The van der Waals surface area contributed by atoms with E-state index in [1.54, 1.807) is 6.54 Å². The van der Waals surface area contributed by atoms with E-state index < -0.39 is 25.8 Å². The SMILES string of the molecule is CCc1cc2c(-c3ccc(C(C)(C)C)c(Cl)c3)ccccc-2[c]1[Zr+2]([c]1c(CC)cc2c(-c3ccc(C(C)(C)C)c(Cl)c3)ccccc1-2)=[Si](C)C.[Cl-].[Cl-]. The molecule has 0 aromatic heterocycles. The van der Waals surface area contributed by atoms with Crippen LogP contribution >= 0.6 is 23.2 Å². The number of hydrogen-bond donors (Lipinski definition) is 0. The maximum absolute atomic E-state index is 6.97. The summed E-state index contributed by atoms with van der Waals surface area (Å²) >= 11 is 11.4. The Morgan fingerprint density at radius 3 is 1.13 bits per heavy atom. The van der Waals surface area contributed by atoms with E-state index >= 15 is 0 Å². The van der Waals surface area contributed by atoms with Crippen molar-refractivity contribution in [2.45, 2.75) is 92.2 Å². The maximum atomic E-state index is 6.97. The molecule has 0 fully saturated rings. The van der Waals surface area contributed by atoms with Crippen molar-refractivity contribution in [1.82, 2.24) is 0 Å². The molecule has 0 spiro atoms. The molecule has 6 heteroatoms. The molecular formula is C46H50Cl4SiZr. The van der Waals surface area contributed by atoms with Crippen molar-refractivity contribution >= 4 is 35.2 Å². The molecular weight excluding hydrogens is 814 g/mol. The Kier molecular flexibility index (Phi) is 13.9. The van der Waals surface area contributed by atoms with E-state index in [1.165, 1.54) is 66.8 Å². The normalized spacial score (nSPS) is 11.5. The van der Waals surface area contributed by atoms with Crippen molar-refractivity contribution in [3.05, 3.63) is 129 Å². The molecule has 0 saturated carbocycles. The molecule has 6 rings (SSSR count). The smallest absolute Gasteiger partial charge is 1.00 e. The van der Waals surface area contributed by atoms with Gasteiger partial charge in [0.2, 0.25) is 0 Å². The van der Waals surface area contributed by atoms with Crippen LogP contribution in [0.3, 0.4) is 0 Å². The number of fused-ring (bicyclic) bond motifs is 2. The standard InChI is InChI=1S/2C22H22Cl.C2H6Si.2ClH.Zr/c2*1-5-15-12-16-8-6-7-9-18(19(16)13-15)17-10-11-20(21(23)14-17)22(2,3)4;1-3-2;;;/h2*6-11,13-14H,5H2,1-4H3;1-2H3;2*1H;/q;;;;;+2/p-2. The third-order valence-electron chi connectivity index (χ3n) is 10.2. The second kappa shape index (κ2) is 16.9. The van der Waals surface area contributed by atoms with Gasteiger partial charge >= 0.3 is 322 Å². The number of rotatable bonds is 6. The first-order chi connectivity index (χ1) is 23.6. The monoisotopic (exact) mass is 860 g/mol. The molecule has 2 aromatic rings. The van der Waals surface area contributed by atoms with Gasteiger partial charge in [0.25, 0.3) is 0 Å². The zero-order valence-corrected chi connectivity index (χ0v) is 38.6. The van der Waals surface area contributed by atoms with E-state index in [9.17, 15) is 0 Å². The van der Waals surface area contributed by atoms with E-state index in [4.69, 9.17) is 23.2 Å². The Morgan fingerprint density at radius 2 is 0.846 bits per heavy atom. The van der Waals surface area contributed by atoms with Gasteiger partial charge in [-0.3, -0.25) is 0 Å². The molecule has 0 bridgehead atoms. The van der Waals surface area contributed by atoms with Gasteiger partial charge in [-0.2, -0.15) is 0 Å². The average molecular weight is 864 g/mol. The Balaban J connectivity index is 0.00000302. The predicted molar refractivity (Wildman–Crippen MR) is 220 cm³/mol. The fourth-order valence-electron chi connectivity index (χ4n) is 7.70. The van der Waals surface area contributed by atoms with Crippen molar-refractivity contribution in [2.24, 2.45) is 0 Å². The third kappa shape index (κ3) is 8.20. The van der Waals surface area contributed by atoms with Crippen LogP contribution in [0.1, 0.15) is 77.6 Å². The molecule has 0 N–H and O–H groups in total. The fourth-order valence-corrected chi connectivity index (χ4v) is 26.3. The first kappa shape index (κ1) is 42.8. The van der Waals surface area contributed by atoms with Gasteiger partial charge in [0.15, 0.2) is 0 Å². The Labute approximate surface area is 343 Å². The summed E-state index contributed by atoms with van der Waals surface area (Å²) in [6, 6.07) is 36.8. The zero-order chi connectivity index (χ0) is 36.1. The zero-order valence-electron chi connectivity index (χ0n) is 32.2. The molecule has 0 amide bonds. The van der Waals surface area contributed by atoms with Gasteiger partial charge in [-0.25, -0.2) is 0 Å². The minimum absolute atomic E-state index is 0. The molecule has 0 atom stereocenters. The first-order valence-electron chi connectivity index (χ1n) is 18.0. The van der Waals surface area contributed by atoms with Gasteiger partial charge < -0.3 is 24.8 Å². The van der Waals surface area contributed by atoms with Crippen LogP contribution in [-0.4, -0.2) is 5.43 Å². The third-order valence-corrected chi connectivity index (χ3v) is 27.5. The molecule has 4 aliphatic carbocycles. The van der Waals surface area contributed by atoms with E-state index in [2.05, 4.69) is 166 Å². The van der Waals surface area contributed by atoms with Gasteiger partial charge in [0, 0.05) is 0 Å². The summed E-state index contributed by atoms with van der Waals surface area (Å²) in [5, 5.41) is 1.68. The molecule has 270 valence electrons. The predicted octanol–water partition coefficient (Wildman–Crippen LogP) is 7.08. The van der Waals surface area contributed by atoms with Crippen LogP contribution in [0.4, 0.5) is 0 Å². The Hall–Kier alpha value is -1.90. The summed E-state index contributed by atoms with van der Waals surface area (Å²) in [5.41, 5.74) is 15.3. The maximum Gasteiger partial charge on any atom is -1.00 e. The number of aryl methyl sites for hydroxylation is 2. The molecule has 0 nitrogen and oxygen atoms in total. The van der Waals surface area contributed by atoms with Crippen LogP contribution in [0.25, 0.3) is 44.5 Å². The molecule has 0 heterocycles. The van der Waals surface area contributed by atoms with Crippen molar-refractivity contribution in [3.63, 3.8) is 0 Å². The summed E-state index contributed by atoms with van der Waals surface area (Å²) < 4.78 is 3.40. The summed E-state index contributed by atoms with van der Waals surface area (Å²) in [7, 11) is 0.